The van der Waals surface area contributed by atoms with Crippen LogP contribution in [-0.2, 0) is 19.9 Å². The number of amides is 1. The van der Waals surface area contributed by atoms with Gasteiger partial charge in [0.2, 0.25) is 5.91 Å². The number of ether oxygens (including phenoxy) is 2. The molecule has 0 radical (unpaired) electrons. The molecule has 1 spiro atoms. The van der Waals surface area contributed by atoms with Crippen LogP contribution in [-0.4, -0.2) is 64.3 Å². The number of nitro benzene ring substituents is 1. The monoisotopic (exact) mass is 627 g/mol. The molecule has 4 atom stereocenters. The Hall–Kier alpha value is -5.23. The molecule has 3 N–H and O–H groups in total. The summed E-state index contributed by atoms with van der Waals surface area (Å²) in [6.45, 7) is 0.465. The van der Waals surface area contributed by atoms with E-state index in [1.807, 2.05) is 4.90 Å². The van der Waals surface area contributed by atoms with Gasteiger partial charge in [-0.05, 0) is 66.9 Å². The number of fused-ring (bicyclic) bond motifs is 4. The molecule has 238 valence electrons. The van der Waals surface area contributed by atoms with E-state index in [1.165, 1.54) is 56.7 Å². The van der Waals surface area contributed by atoms with Crippen molar-refractivity contribution >= 4 is 34.9 Å². The van der Waals surface area contributed by atoms with Crippen molar-refractivity contribution in [3.05, 3.63) is 87.5 Å². The quantitative estimate of drug-likeness (QED) is 0.131. The molecular weight excluding hydrogens is 594 g/mol. The van der Waals surface area contributed by atoms with Crippen LogP contribution in [0.5, 0.6) is 23.0 Å². The molecule has 2 fully saturated rings. The lowest BCUT2D eigenvalue weighted by Gasteiger charge is -2.41. The summed E-state index contributed by atoms with van der Waals surface area (Å²) in [4.78, 5) is 55.2. The van der Waals surface area contributed by atoms with Gasteiger partial charge >= 0.3 is 0 Å². The number of benzene rings is 3. The SMILES string of the molecule is COc1cc(C=CC(=O)CC(=O)C2C3CCCCN3C3(C(=O)Nc4ccc([N+](=O)[O-])cc43)C2c2ccc(O)c(OC)c2)ccc1O. The van der Waals surface area contributed by atoms with Gasteiger partial charge < -0.3 is 25.0 Å². The fourth-order valence-corrected chi connectivity index (χ4v) is 7.51. The Morgan fingerprint density at radius 2 is 1.76 bits per heavy atom. The van der Waals surface area contributed by atoms with E-state index < -0.39 is 46.5 Å². The van der Waals surface area contributed by atoms with Crippen molar-refractivity contribution in [2.75, 3.05) is 26.1 Å². The molecule has 0 aromatic heterocycles. The third-order valence-electron chi connectivity index (χ3n) is 9.39. The standard InChI is InChI=1S/C34H33N3O9/c1-45-29-15-19(7-12-26(29)39)6-10-22(38)18-28(41)31-25-5-3-4-14-36(25)34(32(31)20-8-13-27(40)30(16-20)46-2)23-17-21(37(43)44)9-11-24(23)35-33(34)42/h6-13,15-17,25,31-32,39-40H,3-5,14,18H2,1-2H3,(H,35,42). The number of phenolic OH excluding ortho intramolecular Hbond substituents is 2. The van der Waals surface area contributed by atoms with Gasteiger partial charge in [0.05, 0.1) is 25.6 Å². The second-order valence-electron chi connectivity index (χ2n) is 11.8. The first-order valence-corrected chi connectivity index (χ1v) is 14.9. The van der Waals surface area contributed by atoms with Crippen LogP contribution in [0, 0.1) is 16.0 Å². The molecule has 6 rings (SSSR count). The highest BCUT2D eigenvalue weighted by Crippen LogP contribution is 2.61. The van der Waals surface area contributed by atoms with E-state index in [4.69, 9.17) is 9.47 Å². The van der Waals surface area contributed by atoms with Crippen LogP contribution in [0.4, 0.5) is 11.4 Å². The molecule has 1 amide bonds. The fraction of sp³-hybridized carbons (Fsp3) is 0.324. The Kier molecular flexibility index (Phi) is 7.99. The number of allylic oxidation sites excluding steroid dienone is 1. The maximum Gasteiger partial charge on any atom is 0.269 e. The topological polar surface area (TPSA) is 169 Å². The van der Waals surface area contributed by atoms with Crippen LogP contribution < -0.4 is 14.8 Å². The van der Waals surface area contributed by atoms with Crippen LogP contribution in [0.3, 0.4) is 0 Å². The number of hydrogen-bond donors (Lipinski definition) is 3. The van der Waals surface area contributed by atoms with E-state index in [2.05, 4.69) is 5.32 Å². The molecule has 3 aromatic rings. The molecule has 12 nitrogen and oxygen atoms in total. The number of piperidine rings is 1. The second-order valence-corrected chi connectivity index (χ2v) is 11.8. The van der Waals surface area contributed by atoms with E-state index in [0.29, 0.717) is 35.3 Å². The predicted molar refractivity (Wildman–Crippen MR) is 167 cm³/mol. The van der Waals surface area contributed by atoms with Crippen LogP contribution >= 0.6 is 0 Å². The maximum atomic E-state index is 14.4. The third kappa shape index (κ3) is 4.94. The molecule has 3 heterocycles. The Balaban J connectivity index is 1.45. The minimum absolute atomic E-state index is 0.0480. The Bertz CT molecular complexity index is 1790. The molecule has 0 bridgehead atoms. The van der Waals surface area contributed by atoms with E-state index >= 15 is 0 Å². The molecule has 12 heteroatoms. The molecule has 0 aliphatic carbocycles. The van der Waals surface area contributed by atoms with Gasteiger partial charge in [-0.3, -0.25) is 29.4 Å². The first-order chi connectivity index (χ1) is 22.1. The first kappa shape index (κ1) is 30.8. The van der Waals surface area contributed by atoms with Crippen molar-refractivity contribution < 1.29 is 39.0 Å². The van der Waals surface area contributed by atoms with Crippen molar-refractivity contribution in [3.8, 4) is 23.0 Å². The van der Waals surface area contributed by atoms with Gasteiger partial charge in [-0.15, -0.1) is 0 Å². The number of nitrogens with zero attached hydrogens (tertiary/aromatic N) is 2. The van der Waals surface area contributed by atoms with Gasteiger partial charge in [-0.25, -0.2) is 0 Å². The Morgan fingerprint density at radius 3 is 2.48 bits per heavy atom. The average Bonchev–Trinajstić information content (AvgIpc) is 3.52. The molecule has 46 heavy (non-hydrogen) atoms. The largest absolute Gasteiger partial charge is 0.504 e. The summed E-state index contributed by atoms with van der Waals surface area (Å²) in [6, 6.07) is 13.1. The van der Waals surface area contributed by atoms with Crippen molar-refractivity contribution in [2.45, 2.75) is 43.2 Å². The number of methoxy groups -OCH3 is 2. The van der Waals surface area contributed by atoms with Crippen LogP contribution in [0.25, 0.3) is 6.08 Å². The number of nitrogens with one attached hydrogen (secondary N) is 1. The zero-order chi connectivity index (χ0) is 32.7. The van der Waals surface area contributed by atoms with Gasteiger partial charge in [0.15, 0.2) is 28.8 Å². The van der Waals surface area contributed by atoms with E-state index in [1.54, 1.807) is 24.3 Å². The van der Waals surface area contributed by atoms with Gasteiger partial charge in [0.25, 0.3) is 5.69 Å². The molecular formula is C34H33N3O9. The minimum Gasteiger partial charge on any atom is -0.504 e. The number of carbonyl (C=O) groups is 3. The van der Waals surface area contributed by atoms with Crippen molar-refractivity contribution in [2.24, 2.45) is 5.92 Å². The van der Waals surface area contributed by atoms with Crippen LogP contribution in [0.2, 0.25) is 0 Å². The number of non-ortho nitro benzene ring substituents is 1. The molecule has 3 aliphatic rings. The van der Waals surface area contributed by atoms with Crippen molar-refractivity contribution in [3.63, 3.8) is 0 Å². The number of hydrogen-bond acceptors (Lipinski definition) is 10. The number of ketones is 2. The molecule has 2 saturated heterocycles. The Labute approximate surface area is 264 Å². The summed E-state index contributed by atoms with van der Waals surface area (Å²) in [6.07, 6.45) is 4.52. The fourth-order valence-electron chi connectivity index (χ4n) is 7.51. The number of rotatable bonds is 9. The smallest absolute Gasteiger partial charge is 0.269 e. The normalized spacial score (nSPS) is 23.6. The molecule has 4 unspecified atom stereocenters. The minimum atomic E-state index is -1.49. The second kappa shape index (κ2) is 11.9. The van der Waals surface area contributed by atoms with Gasteiger partial charge in [0.1, 0.15) is 11.3 Å². The van der Waals surface area contributed by atoms with Crippen molar-refractivity contribution in [1.82, 2.24) is 4.90 Å². The summed E-state index contributed by atoms with van der Waals surface area (Å²) in [5.74, 6) is -2.72. The van der Waals surface area contributed by atoms with Crippen LogP contribution in [0.1, 0.15) is 48.3 Å². The highest BCUT2D eigenvalue weighted by atomic mass is 16.6. The van der Waals surface area contributed by atoms with E-state index in [9.17, 15) is 34.7 Å². The summed E-state index contributed by atoms with van der Waals surface area (Å²) >= 11 is 0. The summed E-state index contributed by atoms with van der Waals surface area (Å²) in [5, 5.41) is 35.1. The molecule has 3 aromatic carbocycles. The number of aromatic hydroxyl groups is 2. The lowest BCUT2D eigenvalue weighted by Crippen LogP contribution is -2.53. The average molecular weight is 628 g/mol. The predicted octanol–water partition coefficient (Wildman–Crippen LogP) is 4.68. The molecule has 0 saturated carbocycles. The Morgan fingerprint density at radius 1 is 1.04 bits per heavy atom. The number of anilines is 1. The zero-order valence-corrected chi connectivity index (χ0v) is 25.3. The number of carbonyl (C=O) groups excluding carboxylic acids is 3. The summed E-state index contributed by atoms with van der Waals surface area (Å²) in [5.41, 5.74) is 0.257. The number of nitro groups is 1. The van der Waals surface area contributed by atoms with E-state index in [-0.39, 0.29) is 34.5 Å². The third-order valence-corrected chi connectivity index (χ3v) is 9.39. The van der Waals surface area contributed by atoms with Gasteiger partial charge in [-0.1, -0.05) is 24.6 Å². The summed E-state index contributed by atoms with van der Waals surface area (Å²) < 4.78 is 10.5. The maximum absolute atomic E-state index is 14.4. The van der Waals surface area contributed by atoms with Gasteiger partial charge in [-0.2, -0.15) is 0 Å². The summed E-state index contributed by atoms with van der Waals surface area (Å²) in [7, 11) is 2.81. The zero-order valence-electron chi connectivity index (χ0n) is 25.3. The number of phenols is 2. The van der Waals surface area contributed by atoms with Crippen molar-refractivity contribution in [1.29, 1.82) is 0 Å². The lowest BCUT2D eigenvalue weighted by molar-refractivity contribution is -0.385. The first-order valence-electron chi connectivity index (χ1n) is 14.9. The van der Waals surface area contributed by atoms with E-state index in [0.717, 1.165) is 12.8 Å². The highest BCUT2D eigenvalue weighted by Gasteiger charge is 2.68. The highest BCUT2D eigenvalue weighted by molar-refractivity contribution is 6.10. The number of Topliss-reactive ketones (excluding diaryl/α,β-unsaturated/α-hetero) is 1. The lowest BCUT2D eigenvalue weighted by atomic mass is 9.69. The molecule has 3 aliphatic heterocycles. The van der Waals surface area contributed by atoms with Crippen LogP contribution in [0.15, 0.2) is 60.7 Å². The van der Waals surface area contributed by atoms with Gasteiger partial charge in [0, 0.05) is 41.3 Å².